The number of halogens is 1. The summed E-state index contributed by atoms with van der Waals surface area (Å²) in [7, 11) is 1.88. The number of amides is 1. The number of alkyl halides is 1. The number of benzene rings is 1. The lowest BCUT2D eigenvalue weighted by atomic mass is 10.0. The number of nitrogens with zero attached hydrogens (tertiary/aromatic N) is 5. The van der Waals surface area contributed by atoms with Gasteiger partial charge in [-0.25, -0.2) is 4.39 Å². The highest BCUT2D eigenvalue weighted by molar-refractivity contribution is 6.01. The highest BCUT2D eigenvalue weighted by atomic mass is 19.1. The summed E-state index contributed by atoms with van der Waals surface area (Å²) in [5.74, 6) is -0.530. The molecule has 0 bridgehead atoms. The molecule has 0 spiro atoms. The van der Waals surface area contributed by atoms with Gasteiger partial charge in [-0.1, -0.05) is 6.07 Å². The zero-order valence-corrected chi connectivity index (χ0v) is 13.9. The summed E-state index contributed by atoms with van der Waals surface area (Å²) in [6.07, 6.45) is 4.44. The van der Waals surface area contributed by atoms with Gasteiger partial charge >= 0.3 is 0 Å². The quantitative estimate of drug-likeness (QED) is 0.784. The van der Waals surface area contributed by atoms with Gasteiger partial charge in [0.1, 0.15) is 0 Å². The Kier molecular flexibility index (Phi) is 3.49. The van der Waals surface area contributed by atoms with E-state index >= 15 is 4.39 Å². The maximum absolute atomic E-state index is 15.0. The fraction of sp³-hybridized carbons (Fsp3) is 0.389. The molecule has 1 atom stereocenters. The van der Waals surface area contributed by atoms with Crippen molar-refractivity contribution >= 4 is 11.6 Å². The molecule has 2 aliphatic rings. The van der Waals surface area contributed by atoms with Gasteiger partial charge in [0.2, 0.25) is 5.67 Å². The molecule has 1 unspecified atom stereocenters. The topological polar surface area (TPSA) is 65.2 Å². The van der Waals surface area contributed by atoms with E-state index in [1.165, 1.54) is 9.80 Å². The van der Waals surface area contributed by atoms with E-state index in [-0.39, 0.29) is 13.0 Å². The summed E-state index contributed by atoms with van der Waals surface area (Å²) >= 11 is 0. The molecule has 2 aliphatic heterocycles. The molecule has 25 heavy (non-hydrogen) atoms. The molecule has 4 rings (SSSR count). The third-order valence-electron chi connectivity index (χ3n) is 5.08. The number of aryl methyl sites for hydroxylation is 1. The van der Waals surface area contributed by atoms with Crippen LogP contribution in [0.1, 0.15) is 12.0 Å². The van der Waals surface area contributed by atoms with E-state index in [1.807, 2.05) is 37.5 Å². The lowest BCUT2D eigenvalue weighted by Gasteiger charge is -2.25. The van der Waals surface area contributed by atoms with Crippen molar-refractivity contribution in [3.8, 4) is 17.5 Å². The summed E-state index contributed by atoms with van der Waals surface area (Å²) in [6.45, 7) is 0.612. The first-order valence-electron chi connectivity index (χ1n) is 8.29. The van der Waals surface area contributed by atoms with Crippen molar-refractivity contribution in [1.82, 2.24) is 14.7 Å². The molecule has 1 fully saturated rings. The average molecular weight is 339 g/mol. The highest BCUT2D eigenvalue weighted by Crippen LogP contribution is 2.36. The van der Waals surface area contributed by atoms with Gasteiger partial charge in [-0.15, -0.1) is 0 Å². The third kappa shape index (κ3) is 2.45. The lowest BCUT2D eigenvalue weighted by molar-refractivity contribution is -0.129. The van der Waals surface area contributed by atoms with Crippen molar-refractivity contribution in [3.63, 3.8) is 0 Å². The van der Waals surface area contributed by atoms with Gasteiger partial charge in [-0.2, -0.15) is 10.4 Å². The fourth-order valence-electron chi connectivity index (χ4n) is 3.70. The molecule has 1 amide bonds. The minimum Gasteiger partial charge on any atom is -0.309 e. The fourth-order valence-corrected chi connectivity index (χ4v) is 3.70. The van der Waals surface area contributed by atoms with Crippen LogP contribution >= 0.6 is 0 Å². The van der Waals surface area contributed by atoms with Crippen molar-refractivity contribution in [2.24, 2.45) is 7.05 Å². The second-order valence-electron chi connectivity index (χ2n) is 6.63. The van der Waals surface area contributed by atoms with Crippen molar-refractivity contribution in [1.29, 1.82) is 5.26 Å². The summed E-state index contributed by atoms with van der Waals surface area (Å²) in [6, 6.07) is 7.79. The maximum Gasteiger partial charge on any atom is 0.266 e. The largest absolute Gasteiger partial charge is 0.309 e. The van der Waals surface area contributed by atoms with Crippen LogP contribution in [0, 0.1) is 11.5 Å². The Morgan fingerprint density at radius 1 is 1.36 bits per heavy atom. The molecule has 0 N–H and O–H groups in total. The van der Waals surface area contributed by atoms with Crippen molar-refractivity contribution in [3.05, 3.63) is 36.0 Å². The first-order valence-corrected chi connectivity index (χ1v) is 8.29. The number of nitriles is 1. The molecule has 128 valence electrons. The standard InChI is InChI=1S/C18H18FN5O/c1-22-15(4-7-21-22)13-2-3-16-14(10-13)5-8-24(16)17(25)18(19)6-9-23(11-18)12-20/h2-4,7,10H,5-6,8-9,11H2,1H3. The number of hydrogen-bond donors (Lipinski definition) is 0. The van der Waals surface area contributed by atoms with Gasteiger partial charge in [-0.3, -0.25) is 9.48 Å². The molecular weight excluding hydrogens is 321 g/mol. The number of likely N-dealkylation sites (tertiary alicyclic amines) is 1. The van der Waals surface area contributed by atoms with Crippen molar-refractivity contribution < 1.29 is 9.18 Å². The van der Waals surface area contributed by atoms with Crippen LogP contribution in [-0.4, -0.2) is 45.9 Å². The van der Waals surface area contributed by atoms with Crippen LogP contribution in [0.5, 0.6) is 0 Å². The van der Waals surface area contributed by atoms with Gasteiger partial charge in [0.05, 0.1) is 12.2 Å². The van der Waals surface area contributed by atoms with Gasteiger partial charge in [-0.05, 0) is 30.2 Å². The Labute approximate surface area is 145 Å². The van der Waals surface area contributed by atoms with Gasteiger partial charge in [0, 0.05) is 44.0 Å². The van der Waals surface area contributed by atoms with E-state index in [1.54, 1.807) is 10.9 Å². The van der Waals surface area contributed by atoms with E-state index < -0.39 is 11.6 Å². The van der Waals surface area contributed by atoms with Crippen LogP contribution in [0.25, 0.3) is 11.3 Å². The second-order valence-corrected chi connectivity index (χ2v) is 6.63. The molecule has 1 aromatic heterocycles. The predicted molar refractivity (Wildman–Crippen MR) is 90.3 cm³/mol. The van der Waals surface area contributed by atoms with Crippen molar-refractivity contribution in [2.75, 3.05) is 24.5 Å². The average Bonchev–Trinajstić information content (AvgIpc) is 3.32. The Morgan fingerprint density at radius 3 is 2.88 bits per heavy atom. The summed E-state index contributed by atoms with van der Waals surface area (Å²) in [5, 5.41) is 13.1. The molecule has 7 heteroatoms. The Hall–Kier alpha value is -2.88. The minimum absolute atomic E-state index is 0.0678. The third-order valence-corrected chi connectivity index (χ3v) is 5.08. The Balaban J connectivity index is 1.61. The van der Waals surface area contributed by atoms with Crippen LogP contribution in [0.15, 0.2) is 30.5 Å². The van der Waals surface area contributed by atoms with E-state index in [0.29, 0.717) is 19.5 Å². The first kappa shape index (κ1) is 15.6. The smallest absolute Gasteiger partial charge is 0.266 e. The number of carbonyl (C=O) groups is 1. The molecular formula is C18H18FN5O. The summed E-state index contributed by atoms with van der Waals surface area (Å²) in [5.41, 5.74) is 1.85. The van der Waals surface area contributed by atoms with Crippen molar-refractivity contribution in [2.45, 2.75) is 18.5 Å². The normalized spacial score (nSPS) is 22.1. The molecule has 6 nitrogen and oxygen atoms in total. The van der Waals surface area contributed by atoms with E-state index in [9.17, 15) is 4.79 Å². The van der Waals surface area contributed by atoms with Crippen LogP contribution in [0.3, 0.4) is 0 Å². The van der Waals surface area contributed by atoms with Crippen LogP contribution in [0.4, 0.5) is 10.1 Å². The predicted octanol–water partition coefficient (Wildman–Crippen LogP) is 1.87. The molecule has 1 saturated heterocycles. The monoisotopic (exact) mass is 339 g/mol. The number of hydrogen-bond acceptors (Lipinski definition) is 4. The van der Waals surface area contributed by atoms with Gasteiger partial charge < -0.3 is 9.80 Å². The van der Waals surface area contributed by atoms with E-state index in [4.69, 9.17) is 5.26 Å². The zero-order chi connectivity index (χ0) is 17.6. The maximum atomic E-state index is 15.0. The van der Waals surface area contributed by atoms with Crippen LogP contribution in [-0.2, 0) is 18.3 Å². The van der Waals surface area contributed by atoms with E-state index in [2.05, 4.69) is 5.10 Å². The Bertz CT molecular complexity index is 886. The number of anilines is 1. The minimum atomic E-state index is -1.97. The summed E-state index contributed by atoms with van der Waals surface area (Å²) < 4.78 is 16.8. The Morgan fingerprint density at radius 2 is 2.20 bits per heavy atom. The number of rotatable bonds is 2. The van der Waals surface area contributed by atoms with E-state index in [0.717, 1.165) is 22.5 Å². The second kappa shape index (κ2) is 5.59. The number of aromatic nitrogens is 2. The first-order chi connectivity index (χ1) is 12.0. The molecule has 0 saturated carbocycles. The number of carbonyl (C=O) groups excluding carboxylic acids is 1. The van der Waals surface area contributed by atoms with Gasteiger partial charge in [0.15, 0.2) is 6.19 Å². The molecule has 3 heterocycles. The number of fused-ring (bicyclic) bond motifs is 1. The van der Waals surface area contributed by atoms with Gasteiger partial charge in [0.25, 0.3) is 5.91 Å². The molecule has 0 radical (unpaired) electrons. The lowest BCUT2D eigenvalue weighted by Crippen LogP contribution is -2.47. The molecule has 1 aromatic carbocycles. The zero-order valence-electron chi connectivity index (χ0n) is 13.9. The highest BCUT2D eigenvalue weighted by Gasteiger charge is 2.48. The SMILES string of the molecule is Cn1nccc1-c1ccc2c(c1)CCN2C(=O)C1(F)CCN(C#N)C1. The van der Waals surface area contributed by atoms with Crippen LogP contribution < -0.4 is 4.90 Å². The molecule has 0 aliphatic carbocycles. The van der Waals surface area contributed by atoms with Crippen LogP contribution in [0.2, 0.25) is 0 Å². The molecule has 2 aromatic rings. The summed E-state index contributed by atoms with van der Waals surface area (Å²) in [4.78, 5) is 15.6.